The first-order valence-electron chi connectivity index (χ1n) is 6.64. The molecular weight excluding hydrogens is 281 g/mol. The molecule has 0 fully saturated rings. The first kappa shape index (κ1) is 16.3. The second kappa shape index (κ2) is 7.76. The Hall–Kier alpha value is -0.730. The molecule has 0 radical (unpaired) electrons. The summed E-state index contributed by atoms with van der Waals surface area (Å²) in [4.78, 5) is 13.6. The number of amides is 1. The molecule has 2 nitrogen and oxygen atoms in total. The van der Waals surface area contributed by atoms with E-state index in [2.05, 4.69) is 26.8 Å². The zero-order valence-electron chi connectivity index (χ0n) is 11.7. The van der Waals surface area contributed by atoms with E-state index in [9.17, 15) is 4.79 Å². The van der Waals surface area contributed by atoms with Gasteiger partial charge in [-0.25, -0.2) is 0 Å². The van der Waals surface area contributed by atoms with Crippen LogP contribution in [0.3, 0.4) is 0 Å². The summed E-state index contributed by atoms with van der Waals surface area (Å²) in [7, 11) is 0. The van der Waals surface area contributed by atoms with Crippen molar-refractivity contribution in [3.8, 4) is 0 Å². The third-order valence-electron chi connectivity index (χ3n) is 3.48. The van der Waals surface area contributed by atoms with Crippen molar-refractivity contribution in [2.45, 2.75) is 39.5 Å². The molecule has 0 aliphatic heterocycles. The number of hydrogen-bond acceptors (Lipinski definition) is 1. The number of carbonyl (C=O) groups excluding carboxylic acids is 1. The van der Waals surface area contributed by atoms with Gasteiger partial charge in [0.2, 0.25) is 5.91 Å². The van der Waals surface area contributed by atoms with Crippen LogP contribution >= 0.6 is 23.2 Å². The number of aryl methyl sites for hydroxylation is 1. The summed E-state index contributed by atoms with van der Waals surface area (Å²) < 4.78 is 0. The minimum atomic E-state index is -0.151. The molecule has 19 heavy (non-hydrogen) atoms. The van der Waals surface area contributed by atoms with Crippen LogP contribution in [0.4, 0.5) is 5.69 Å². The van der Waals surface area contributed by atoms with Gasteiger partial charge in [-0.2, -0.15) is 0 Å². The number of anilines is 1. The molecule has 0 N–H and O–H groups in total. The summed E-state index contributed by atoms with van der Waals surface area (Å²) in [6.07, 6.45) is 1.88. The van der Waals surface area contributed by atoms with Crippen LogP contribution in [0, 0.1) is 0 Å². The molecule has 1 aromatic carbocycles. The minimum absolute atomic E-state index is 0.0509. The smallest absolute Gasteiger partial charge is 0.242 e. The molecule has 0 saturated heterocycles. The third-order valence-corrected chi connectivity index (χ3v) is 3.95. The van der Waals surface area contributed by atoms with Crippen LogP contribution in [0.25, 0.3) is 0 Å². The Kier molecular flexibility index (Phi) is 6.67. The topological polar surface area (TPSA) is 20.3 Å². The quantitative estimate of drug-likeness (QED) is 0.558. The summed E-state index contributed by atoms with van der Waals surface area (Å²) in [5.41, 5.74) is 3.25. The highest BCUT2D eigenvalue weighted by atomic mass is 35.5. The highest BCUT2D eigenvalue weighted by Crippen LogP contribution is 2.33. The van der Waals surface area contributed by atoms with Crippen molar-refractivity contribution >= 4 is 34.8 Å². The van der Waals surface area contributed by atoms with Gasteiger partial charge in [-0.3, -0.25) is 9.69 Å². The van der Waals surface area contributed by atoms with E-state index in [-0.39, 0.29) is 17.8 Å². The summed E-state index contributed by atoms with van der Waals surface area (Å²) in [5.74, 6) is 0.183. The van der Waals surface area contributed by atoms with E-state index in [1.165, 1.54) is 5.56 Å². The van der Waals surface area contributed by atoms with Gasteiger partial charge in [-0.1, -0.05) is 39.0 Å². The molecule has 0 saturated carbocycles. The third kappa shape index (κ3) is 3.64. The number of benzene rings is 1. The lowest BCUT2D eigenvalue weighted by Crippen LogP contribution is -2.32. The highest BCUT2D eigenvalue weighted by Gasteiger charge is 2.21. The first-order valence-corrected chi connectivity index (χ1v) is 7.71. The maximum atomic E-state index is 12.0. The fraction of sp³-hybridized carbons (Fsp3) is 0.533. The highest BCUT2D eigenvalue weighted by molar-refractivity contribution is 6.31. The predicted octanol–water partition coefficient (Wildman–Crippen LogP) is 4.53. The molecule has 1 atom stereocenters. The maximum Gasteiger partial charge on any atom is 0.242 e. The number of carbonyl (C=O) groups is 1. The molecule has 0 aliphatic carbocycles. The van der Waals surface area contributed by atoms with Crippen molar-refractivity contribution in [2.24, 2.45) is 0 Å². The molecule has 0 bridgehead atoms. The Balaban J connectivity index is 3.38. The van der Waals surface area contributed by atoms with Gasteiger partial charge in [0.1, 0.15) is 11.9 Å². The number of para-hydroxylation sites is 1. The van der Waals surface area contributed by atoms with Crippen LogP contribution < -0.4 is 4.90 Å². The molecule has 1 aromatic rings. The van der Waals surface area contributed by atoms with E-state index >= 15 is 0 Å². The average Bonchev–Trinajstić information content (AvgIpc) is 2.46. The number of rotatable bonds is 6. The lowest BCUT2D eigenvalue weighted by Gasteiger charge is -2.27. The standard InChI is InChI=1S/C15H21Cl2NO/c1-4-11(3)13-8-6-7-12(5-2)15(13)18(10-17)14(19)9-16/h6-8,11H,4-5,9-10H2,1-3H3. The van der Waals surface area contributed by atoms with E-state index in [0.717, 1.165) is 24.1 Å². The van der Waals surface area contributed by atoms with Crippen LogP contribution in [0.15, 0.2) is 18.2 Å². The van der Waals surface area contributed by atoms with Crippen molar-refractivity contribution in [3.63, 3.8) is 0 Å². The molecule has 1 rings (SSSR count). The van der Waals surface area contributed by atoms with Gasteiger partial charge in [0.05, 0.1) is 5.69 Å². The molecule has 0 spiro atoms. The Bertz CT molecular complexity index is 434. The second-order valence-electron chi connectivity index (χ2n) is 4.59. The fourth-order valence-corrected chi connectivity index (χ4v) is 2.56. The Labute approximate surface area is 125 Å². The fourth-order valence-electron chi connectivity index (χ4n) is 2.17. The predicted molar refractivity (Wildman–Crippen MR) is 83.5 cm³/mol. The lowest BCUT2D eigenvalue weighted by molar-refractivity contribution is -0.116. The SMILES string of the molecule is CCc1cccc(C(C)CC)c1N(CCl)C(=O)CCl. The second-order valence-corrected chi connectivity index (χ2v) is 5.10. The van der Waals surface area contributed by atoms with Crippen LogP contribution in [0.5, 0.6) is 0 Å². The summed E-state index contributed by atoms with van der Waals surface area (Å²) in [6, 6.07) is 6.29. The van der Waals surface area contributed by atoms with E-state index in [4.69, 9.17) is 23.2 Å². The molecule has 0 aromatic heterocycles. The Morgan fingerprint density at radius 3 is 2.47 bits per heavy atom. The van der Waals surface area contributed by atoms with Gasteiger partial charge in [0, 0.05) is 0 Å². The normalized spacial score (nSPS) is 12.3. The zero-order chi connectivity index (χ0) is 14.4. The maximum absolute atomic E-state index is 12.0. The lowest BCUT2D eigenvalue weighted by atomic mass is 9.93. The zero-order valence-corrected chi connectivity index (χ0v) is 13.3. The van der Waals surface area contributed by atoms with Crippen molar-refractivity contribution < 1.29 is 4.79 Å². The van der Waals surface area contributed by atoms with E-state index in [1.807, 2.05) is 12.1 Å². The monoisotopic (exact) mass is 301 g/mol. The minimum Gasteiger partial charge on any atom is -0.297 e. The van der Waals surface area contributed by atoms with Gasteiger partial charge >= 0.3 is 0 Å². The van der Waals surface area contributed by atoms with E-state index in [1.54, 1.807) is 4.90 Å². The number of nitrogens with zero attached hydrogens (tertiary/aromatic N) is 1. The number of hydrogen-bond donors (Lipinski definition) is 0. The molecule has 106 valence electrons. The molecular formula is C15H21Cl2NO. The first-order chi connectivity index (χ1) is 9.10. The van der Waals surface area contributed by atoms with Crippen molar-refractivity contribution in [2.75, 3.05) is 16.8 Å². The molecule has 4 heteroatoms. The Morgan fingerprint density at radius 2 is 2.00 bits per heavy atom. The van der Waals surface area contributed by atoms with Crippen LogP contribution in [0.1, 0.15) is 44.2 Å². The van der Waals surface area contributed by atoms with E-state index in [0.29, 0.717) is 5.92 Å². The van der Waals surface area contributed by atoms with E-state index < -0.39 is 0 Å². The molecule has 1 unspecified atom stereocenters. The summed E-state index contributed by atoms with van der Waals surface area (Å²) >= 11 is 11.7. The Morgan fingerprint density at radius 1 is 1.32 bits per heavy atom. The largest absolute Gasteiger partial charge is 0.297 e. The number of halogens is 2. The number of alkyl halides is 2. The molecule has 0 heterocycles. The average molecular weight is 302 g/mol. The van der Waals surface area contributed by atoms with Gasteiger partial charge in [-0.05, 0) is 29.9 Å². The van der Waals surface area contributed by atoms with Gasteiger partial charge in [0.15, 0.2) is 0 Å². The van der Waals surface area contributed by atoms with Crippen molar-refractivity contribution in [1.82, 2.24) is 0 Å². The van der Waals surface area contributed by atoms with Gasteiger partial charge in [0.25, 0.3) is 0 Å². The van der Waals surface area contributed by atoms with Crippen LogP contribution in [0.2, 0.25) is 0 Å². The molecule has 1 amide bonds. The van der Waals surface area contributed by atoms with Gasteiger partial charge < -0.3 is 0 Å². The van der Waals surface area contributed by atoms with Crippen molar-refractivity contribution in [1.29, 1.82) is 0 Å². The van der Waals surface area contributed by atoms with Gasteiger partial charge in [-0.15, -0.1) is 23.2 Å². The van der Waals surface area contributed by atoms with Crippen LogP contribution in [-0.2, 0) is 11.2 Å². The van der Waals surface area contributed by atoms with Crippen molar-refractivity contribution in [3.05, 3.63) is 29.3 Å². The molecule has 0 aliphatic rings. The van der Waals surface area contributed by atoms with Crippen LogP contribution in [-0.4, -0.2) is 17.8 Å². The summed E-state index contributed by atoms with van der Waals surface area (Å²) in [5, 5.41) is 0. The summed E-state index contributed by atoms with van der Waals surface area (Å²) in [6.45, 7) is 6.38.